The molecule has 0 bridgehead atoms. The second-order valence-corrected chi connectivity index (χ2v) is 5.71. The van der Waals surface area contributed by atoms with E-state index in [-0.39, 0.29) is 0 Å². The first kappa shape index (κ1) is 16.9. The summed E-state index contributed by atoms with van der Waals surface area (Å²) in [6, 6.07) is 16.8. The summed E-state index contributed by atoms with van der Waals surface area (Å²) in [5, 5.41) is 11.8. The van der Waals surface area contributed by atoms with Crippen LogP contribution in [0.4, 0.5) is 16.2 Å². The molecule has 0 aromatic heterocycles. The van der Waals surface area contributed by atoms with Gasteiger partial charge in [0.05, 0.1) is 11.4 Å². The van der Waals surface area contributed by atoms with E-state index < -0.39 is 18.0 Å². The van der Waals surface area contributed by atoms with Crippen LogP contribution in [0, 0.1) is 0 Å². The number of amides is 2. The lowest BCUT2D eigenvalue weighted by molar-refractivity contribution is -0.138. The molecule has 0 spiro atoms. The average Bonchev–Trinajstić information content (AvgIpc) is 2.56. The molecule has 2 amide bonds. The Hall–Kier alpha value is -2.47. The Morgan fingerprint density at radius 3 is 1.91 bits per heavy atom. The highest BCUT2D eigenvalue weighted by atomic mass is 32.2. The first-order chi connectivity index (χ1) is 11.1. The zero-order chi connectivity index (χ0) is 16.7. The van der Waals surface area contributed by atoms with Crippen LogP contribution < -0.4 is 10.2 Å². The number of urea groups is 1. The van der Waals surface area contributed by atoms with E-state index in [4.69, 9.17) is 0 Å². The highest BCUT2D eigenvalue weighted by Gasteiger charge is 2.24. The van der Waals surface area contributed by atoms with Gasteiger partial charge in [-0.25, -0.2) is 9.59 Å². The Morgan fingerprint density at radius 1 is 1.04 bits per heavy atom. The Morgan fingerprint density at radius 2 is 1.52 bits per heavy atom. The molecular formula is C17H18N2O3S. The van der Waals surface area contributed by atoms with Gasteiger partial charge >= 0.3 is 12.0 Å². The minimum Gasteiger partial charge on any atom is -0.480 e. The van der Waals surface area contributed by atoms with Crippen LogP contribution in [0.5, 0.6) is 0 Å². The van der Waals surface area contributed by atoms with Crippen LogP contribution in [0.2, 0.25) is 0 Å². The summed E-state index contributed by atoms with van der Waals surface area (Å²) in [6.45, 7) is 0. The van der Waals surface area contributed by atoms with E-state index in [1.165, 1.54) is 16.7 Å². The fourth-order valence-electron chi connectivity index (χ4n) is 2.09. The van der Waals surface area contributed by atoms with Gasteiger partial charge in [-0.2, -0.15) is 11.8 Å². The maximum atomic E-state index is 12.7. The summed E-state index contributed by atoms with van der Waals surface area (Å²) in [5.74, 6) is -0.743. The van der Waals surface area contributed by atoms with Gasteiger partial charge in [-0.3, -0.25) is 4.90 Å². The second-order valence-electron chi connectivity index (χ2n) is 4.80. The molecule has 0 unspecified atom stereocenters. The molecule has 6 heteroatoms. The van der Waals surface area contributed by atoms with Crippen LogP contribution in [0.3, 0.4) is 0 Å². The lowest BCUT2D eigenvalue weighted by Crippen LogP contribution is -2.47. The number of aliphatic carboxylic acids is 1. The van der Waals surface area contributed by atoms with Crippen molar-refractivity contribution in [1.82, 2.24) is 5.32 Å². The summed E-state index contributed by atoms with van der Waals surface area (Å²) in [7, 11) is 0. The molecule has 2 rings (SSSR count). The van der Waals surface area contributed by atoms with Crippen molar-refractivity contribution in [2.45, 2.75) is 6.04 Å². The Balaban J connectivity index is 2.30. The van der Waals surface area contributed by atoms with E-state index in [0.29, 0.717) is 17.1 Å². The first-order valence-electron chi connectivity index (χ1n) is 7.06. The lowest BCUT2D eigenvalue weighted by atomic mass is 10.2. The summed E-state index contributed by atoms with van der Waals surface area (Å²) in [4.78, 5) is 25.4. The number of carboxylic acid groups (broad SMARTS) is 1. The molecule has 0 aliphatic heterocycles. The van der Waals surface area contributed by atoms with Gasteiger partial charge in [0.15, 0.2) is 0 Å². The number of carboxylic acids is 1. The largest absolute Gasteiger partial charge is 0.480 e. The predicted molar refractivity (Wildman–Crippen MR) is 93.4 cm³/mol. The highest BCUT2D eigenvalue weighted by Crippen LogP contribution is 2.25. The zero-order valence-corrected chi connectivity index (χ0v) is 13.5. The minimum absolute atomic E-state index is 0.304. The highest BCUT2D eigenvalue weighted by molar-refractivity contribution is 7.98. The van der Waals surface area contributed by atoms with E-state index in [1.807, 2.05) is 36.4 Å². The topological polar surface area (TPSA) is 69.6 Å². The summed E-state index contributed by atoms with van der Waals surface area (Å²) in [5.41, 5.74) is 1.34. The molecular weight excluding hydrogens is 312 g/mol. The number of carbonyl (C=O) groups is 2. The van der Waals surface area contributed by atoms with Crippen molar-refractivity contribution in [3.8, 4) is 0 Å². The van der Waals surface area contributed by atoms with Crippen LogP contribution in [0.1, 0.15) is 0 Å². The molecule has 0 aliphatic rings. The maximum absolute atomic E-state index is 12.7. The molecule has 5 nitrogen and oxygen atoms in total. The molecule has 23 heavy (non-hydrogen) atoms. The maximum Gasteiger partial charge on any atom is 0.327 e. The zero-order valence-electron chi connectivity index (χ0n) is 12.7. The fraction of sp³-hybridized carbons (Fsp3) is 0.176. The van der Waals surface area contributed by atoms with E-state index in [0.717, 1.165) is 0 Å². The number of para-hydroxylation sites is 2. The van der Waals surface area contributed by atoms with Crippen molar-refractivity contribution in [3.63, 3.8) is 0 Å². The van der Waals surface area contributed by atoms with E-state index in [9.17, 15) is 14.7 Å². The minimum atomic E-state index is -1.05. The number of anilines is 2. The summed E-state index contributed by atoms with van der Waals surface area (Å²) >= 11 is 1.37. The van der Waals surface area contributed by atoms with Gasteiger partial charge in [-0.15, -0.1) is 0 Å². The molecule has 0 radical (unpaired) electrons. The van der Waals surface area contributed by atoms with Gasteiger partial charge in [0, 0.05) is 5.75 Å². The van der Waals surface area contributed by atoms with Crippen molar-refractivity contribution in [3.05, 3.63) is 60.7 Å². The molecule has 2 aromatic carbocycles. The Bertz CT molecular complexity index is 610. The molecule has 1 atom stereocenters. The summed E-state index contributed by atoms with van der Waals surface area (Å²) in [6.07, 6.45) is 1.80. The van der Waals surface area contributed by atoms with Gasteiger partial charge in [0.1, 0.15) is 6.04 Å². The SMILES string of the molecule is CSC[C@H](NC(=O)N(c1ccccc1)c1ccccc1)C(=O)O. The van der Waals surface area contributed by atoms with Crippen LogP contribution >= 0.6 is 11.8 Å². The van der Waals surface area contributed by atoms with Gasteiger partial charge in [-0.1, -0.05) is 36.4 Å². The number of nitrogens with one attached hydrogen (secondary N) is 1. The van der Waals surface area contributed by atoms with E-state index >= 15 is 0 Å². The van der Waals surface area contributed by atoms with Gasteiger partial charge in [0.25, 0.3) is 0 Å². The smallest absolute Gasteiger partial charge is 0.327 e. The third kappa shape index (κ3) is 4.50. The molecule has 120 valence electrons. The number of rotatable bonds is 6. The molecule has 0 saturated carbocycles. The number of benzene rings is 2. The van der Waals surface area contributed by atoms with Crippen LogP contribution in [0.25, 0.3) is 0 Å². The number of hydrogen-bond donors (Lipinski definition) is 2. The van der Waals surface area contributed by atoms with Crippen LogP contribution in [-0.2, 0) is 4.79 Å². The lowest BCUT2D eigenvalue weighted by Gasteiger charge is -2.25. The molecule has 2 aromatic rings. The van der Waals surface area contributed by atoms with Gasteiger partial charge in [-0.05, 0) is 30.5 Å². The fourth-order valence-corrected chi connectivity index (χ4v) is 2.65. The second kappa shape index (κ2) is 8.24. The quantitative estimate of drug-likeness (QED) is 0.852. The molecule has 0 heterocycles. The normalized spacial score (nSPS) is 11.5. The van der Waals surface area contributed by atoms with Crippen molar-refractivity contribution >= 4 is 35.1 Å². The predicted octanol–water partition coefficient (Wildman–Crippen LogP) is 3.35. The van der Waals surface area contributed by atoms with Gasteiger partial charge < -0.3 is 10.4 Å². The van der Waals surface area contributed by atoms with Crippen LogP contribution in [-0.4, -0.2) is 35.2 Å². The standard InChI is InChI=1S/C17H18N2O3S/c1-23-12-15(16(20)21)18-17(22)19(13-8-4-2-5-9-13)14-10-6-3-7-11-14/h2-11,15H,12H2,1H3,(H,18,22)(H,20,21)/t15-/m0/s1. The average molecular weight is 330 g/mol. The van der Waals surface area contributed by atoms with E-state index in [1.54, 1.807) is 30.5 Å². The third-order valence-electron chi connectivity index (χ3n) is 3.16. The molecule has 0 saturated heterocycles. The number of nitrogens with zero attached hydrogens (tertiary/aromatic N) is 1. The van der Waals surface area contributed by atoms with Crippen molar-refractivity contribution in [2.24, 2.45) is 0 Å². The third-order valence-corrected chi connectivity index (χ3v) is 3.83. The Kier molecular flexibility index (Phi) is 6.05. The molecule has 0 fully saturated rings. The molecule has 0 aliphatic carbocycles. The Labute approximate surface area is 139 Å². The van der Waals surface area contributed by atoms with Crippen molar-refractivity contribution in [1.29, 1.82) is 0 Å². The summed E-state index contributed by atoms with van der Waals surface area (Å²) < 4.78 is 0. The van der Waals surface area contributed by atoms with Crippen LogP contribution in [0.15, 0.2) is 60.7 Å². The number of carbonyl (C=O) groups excluding carboxylic acids is 1. The number of thioether (sulfide) groups is 1. The van der Waals surface area contributed by atoms with Gasteiger partial charge in [0.2, 0.25) is 0 Å². The first-order valence-corrected chi connectivity index (χ1v) is 8.45. The monoisotopic (exact) mass is 330 g/mol. The molecule has 2 N–H and O–H groups in total. The van der Waals surface area contributed by atoms with Crippen molar-refractivity contribution in [2.75, 3.05) is 16.9 Å². The van der Waals surface area contributed by atoms with Crippen molar-refractivity contribution < 1.29 is 14.7 Å². The number of hydrogen-bond acceptors (Lipinski definition) is 3. The van der Waals surface area contributed by atoms with E-state index in [2.05, 4.69) is 5.32 Å².